The lowest BCUT2D eigenvalue weighted by Gasteiger charge is -2.11. The fourth-order valence-electron chi connectivity index (χ4n) is 1.26. The summed E-state index contributed by atoms with van der Waals surface area (Å²) in [5, 5.41) is 10.3. The number of carbonyl (C=O) groups is 1. The molecule has 1 aromatic rings. The number of alkyl halides is 2. The van der Waals surface area contributed by atoms with Gasteiger partial charge in [0.15, 0.2) is 0 Å². The van der Waals surface area contributed by atoms with Crippen LogP contribution in [0.15, 0.2) is 24.3 Å². The van der Waals surface area contributed by atoms with E-state index in [-0.39, 0.29) is 12.2 Å². The van der Waals surface area contributed by atoms with E-state index in [1.807, 2.05) is 0 Å². The molecule has 0 heterocycles. The Morgan fingerprint density at radius 1 is 1.50 bits per heavy atom. The molecule has 0 saturated heterocycles. The molecule has 4 nitrogen and oxygen atoms in total. The van der Waals surface area contributed by atoms with Gasteiger partial charge in [-0.2, -0.15) is 8.78 Å². The number of aliphatic carboxylic acids is 1. The molecule has 1 rings (SSSR count). The molecular formula is C10H11F2NO3. The lowest BCUT2D eigenvalue weighted by Crippen LogP contribution is -2.55. The van der Waals surface area contributed by atoms with Crippen molar-refractivity contribution in [2.45, 2.75) is 19.1 Å². The van der Waals surface area contributed by atoms with Crippen molar-refractivity contribution in [3.05, 3.63) is 29.8 Å². The van der Waals surface area contributed by atoms with E-state index in [1.165, 1.54) is 18.2 Å². The maximum absolute atomic E-state index is 11.9. The first-order valence-corrected chi connectivity index (χ1v) is 4.56. The maximum Gasteiger partial charge on any atom is 0.387 e. The zero-order valence-electron chi connectivity index (χ0n) is 8.36. The molecule has 88 valence electrons. The Kier molecular flexibility index (Phi) is 4.19. The number of hydrogen-bond donors (Lipinski definition) is 1. The highest BCUT2D eigenvalue weighted by atomic mass is 19.3. The number of benzene rings is 1. The van der Waals surface area contributed by atoms with Crippen LogP contribution in [0.3, 0.4) is 0 Å². The summed E-state index contributed by atoms with van der Waals surface area (Å²) in [5.74, 6) is -1.25. The van der Waals surface area contributed by atoms with E-state index in [9.17, 15) is 18.7 Å². The second-order valence-corrected chi connectivity index (χ2v) is 3.22. The quantitative estimate of drug-likeness (QED) is 0.756. The minimum absolute atomic E-state index is 0.0144. The third kappa shape index (κ3) is 3.82. The van der Waals surface area contributed by atoms with Gasteiger partial charge < -0.3 is 20.4 Å². The number of hydrogen-bond acceptors (Lipinski definition) is 3. The number of carbonyl (C=O) groups excluding carboxylic acids is 1. The van der Waals surface area contributed by atoms with Crippen LogP contribution < -0.4 is 15.6 Å². The van der Waals surface area contributed by atoms with Crippen LogP contribution in [-0.2, 0) is 4.79 Å². The Hall–Kier alpha value is -1.69. The van der Waals surface area contributed by atoms with Gasteiger partial charge in [0.2, 0.25) is 0 Å². The smallest absolute Gasteiger partial charge is 0.387 e. The average Bonchev–Trinajstić information content (AvgIpc) is 2.16. The molecular weight excluding hydrogens is 220 g/mol. The first kappa shape index (κ1) is 12.4. The number of ether oxygens (including phenoxy) is 1. The molecule has 0 aromatic heterocycles. The predicted octanol–water partition coefficient (Wildman–Crippen LogP) is -0.289. The van der Waals surface area contributed by atoms with E-state index in [0.29, 0.717) is 5.56 Å². The standard InChI is InChI=1S/C10H11F2NO3/c11-10(12)16-7-3-1-2-6(4-7)8(13)5-9(14)15/h1-4,8,10H,5,13H2,(H,14,15)/t8-/m0/s1. The Balaban J connectivity index is 2.77. The van der Waals surface area contributed by atoms with Crippen LogP contribution >= 0.6 is 0 Å². The monoisotopic (exact) mass is 231 g/mol. The summed E-state index contributed by atoms with van der Waals surface area (Å²) in [4.78, 5) is 10.3. The summed E-state index contributed by atoms with van der Waals surface area (Å²) >= 11 is 0. The van der Waals surface area contributed by atoms with Gasteiger partial charge in [0, 0.05) is 18.0 Å². The molecule has 6 heteroatoms. The summed E-state index contributed by atoms with van der Waals surface area (Å²) in [5.41, 5.74) is 4.12. The summed E-state index contributed by atoms with van der Waals surface area (Å²) in [6.07, 6.45) is -0.266. The lowest BCUT2D eigenvalue weighted by atomic mass is 10.0. The van der Waals surface area contributed by atoms with Crippen LogP contribution in [0.5, 0.6) is 5.75 Å². The Morgan fingerprint density at radius 2 is 2.19 bits per heavy atom. The first-order chi connectivity index (χ1) is 7.49. The normalized spacial score (nSPS) is 12.5. The molecule has 0 aliphatic rings. The van der Waals surface area contributed by atoms with E-state index in [1.54, 1.807) is 6.07 Å². The molecule has 0 fully saturated rings. The third-order valence-corrected chi connectivity index (χ3v) is 1.97. The SMILES string of the molecule is [NH3+][C@@H](CC(=O)[O-])c1cccc(OC(F)F)c1. The predicted molar refractivity (Wildman–Crippen MR) is 48.3 cm³/mol. The van der Waals surface area contributed by atoms with Crippen molar-refractivity contribution in [3.8, 4) is 5.75 Å². The van der Waals surface area contributed by atoms with Crippen molar-refractivity contribution in [2.75, 3.05) is 0 Å². The van der Waals surface area contributed by atoms with Crippen molar-refractivity contribution in [3.63, 3.8) is 0 Å². The topological polar surface area (TPSA) is 77.0 Å². The van der Waals surface area contributed by atoms with Crippen molar-refractivity contribution in [1.29, 1.82) is 0 Å². The van der Waals surface area contributed by atoms with Gasteiger partial charge in [0.05, 0.1) is 0 Å². The molecule has 0 amide bonds. The number of carboxylic acid groups (broad SMARTS) is 1. The van der Waals surface area contributed by atoms with Gasteiger partial charge in [-0.3, -0.25) is 0 Å². The van der Waals surface area contributed by atoms with Gasteiger partial charge >= 0.3 is 6.61 Å². The fraction of sp³-hybridized carbons (Fsp3) is 0.300. The Bertz CT molecular complexity index is 371. The summed E-state index contributed by atoms with van der Waals surface area (Å²) < 4.78 is 28.0. The van der Waals surface area contributed by atoms with Crippen molar-refractivity contribution >= 4 is 5.97 Å². The van der Waals surface area contributed by atoms with Crippen molar-refractivity contribution in [1.82, 2.24) is 0 Å². The Morgan fingerprint density at radius 3 is 2.75 bits per heavy atom. The van der Waals surface area contributed by atoms with Crippen LogP contribution in [-0.4, -0.2) is 12.6 Å². The van der Waals surface area contributed by atoms with Gasteiger partial charge in [-0.05, 0) is 12.1 Å². The van der Waals surface area contributed by atoms with Crippen LogP contribution in [0.4, 0.5) is 8.78 Å². The van der Waals surface area contributed by atoms with Gasteiger partial charge in [0.25, 0.3) is 0 Å². The highest BCUT2D eigenvalue weighted by molar-refractivity contribution is 5.65. The lowest BCUT2D eigenvalue weighted by molar-refractivity contribution is -0.430. The first-order valence-electron chi connectivity index (χ1n) is 4.56. The number of halogens is 2. The minimum Gasteiger partial charge on any atom is -0.550 e. The van der Waals surface area contributed by atoms with Gasteiger partial charge in [0.1, 0.15) is 11.8 Å². The molecule has 0 aliphatic heterocycles. The summed E-state index contributed by atoms with van der Waals surface area (Å²) in [6, 6.07) is 5.25. The van der Waals surface area contributed by atoms with Crippen LogP contribution in [0.2, 0.25) is 0 Å². The average molecular weight is 231 g/mol. The maximum atomic E-state index is 11.9. The van der Waals surface area contributed by atoms with Crippen LogP contribution in [0, 0.1) is 0 Å². The minimum atomic E-state index is -2.90. The molecule has 0 unspecified atom stereocenters. The van der Waals surface area contributed by atoms with Crippen molar-refractivity contribution in [2.24, 2.45) is 0 Å². The third-order valence-electron chi connectivity index (χ3n) is 1.97. The molecule has 0 aliphatic carbocycles. The van der Waals surface area contributed by atoms with E-state index >= 15 is 0 Å². The molecule has 0 bridgehead atoms. The van der Waals surface area contributed by atoms with E-state index in [4.69, 9.17) is 0 Å². The number of quaternary nitrogens is 1. The highest BCUT2D eigenvalue weighted by Crippen LogP contribution is 2.20. The Labute approximate surface area is 90.6 Å². The van der Waals surface area contributed by atoms with Crippen molar-refractivity contribution < 1.29 is 29.2 Å². The fourth-order valence-corrected chi connectivity index (χ4v) is 1.26. The van der Waals surface area contributed by atoms with E-state index < -0.39 is 18.6 Å². The number of rotatable bonds is 5. The van der Waals surface area contributed by atoms with Crippen LogP contribution in [0.25, 0.3) is 0 Å². The highest BCUT2D eigenvalue weighted by Gasteiger charge is 2.12. The van der Waals surface area contributed by atoms with Gasteiger partial charge in [-0.1, -0.05) is 12.1 Å². The zero-order valence-corrected chi connectivity index (χ0v) is 8.36. The molecule has 1 aromatic carbocycles. The second-order valence-electron chi connectivity index (χ2n) is 3.22. The van der Waals surface area contributed by atoms with Crippen LogP contribution in [0.1, 0.15) is 18.0 Å². The molecule has 0 saturated carbocycles. The second kappa shape index (κ2) is 5.41. The van der Waals surface area contributed by atoms with Gasteiger partial charge in [-0.15, -0.1) is 0 Å². The summed E-state index contributed by atoms with van der Waals surface area (Å²) in [7, 11) is 0. The molecule has 1 atom stereocenters. The number of carboxylic acids is 1. The molecule has 3 N–H and O–H groups in total. The summed E-state index contributed by atoms with van der Waals surface area (Å²) in [6.45, 7) is -2.90. The molecule has 0 spiro atoms. The van der Waals surface area contributed by atoms with E-state index in [2.05, 4.69) is 10.5 Å². The largest absolute Gasteiger partial charge is 0.550 e. The zero-order chi connectivity index (χ0) is 12.1. The van der Waals surface area contributed by atoms with E-state index in [0.717, 1.165) is 0 Å². The van der Waals surface area contributed by atoms with Gasteiger partial charge in [-0.25, -0.2) is 0 Å². The molecule has 16 heavy (non-hydrogen) atoms. The molecule has 0 radical (unpaired) electrons.